The Kier molecular flexibility index (Phi) is 6.35. The zero-order valence-corrected chi connectivity index (χ0v) is 13.4. The molecule has 132 valence electrons. The summed E-state index contributed by atoms with van der Waals surface area (Å²) in [6, 6.07) is 2.81. The van der Waals surface area contributed by atoms with Crippen molar-refractivity contribution in [2.24, 2.45) is 0 Å². The van der Waals surface area contributed by atoms with Crippen LogP contribution in [0.4, 0.5) is 13.6 Å². The minimum atomic E-state index is -4.77. The number of hydrogen-bond donors (Lipinski definition) is 2. The number of imide groups is 1. The van der Waals surface area contributed by atoms with Crippen LogP contribution in [0.5, 0.6) is 0 Å². The molecule has 0 bridgehead atoms. The van der Waals surface area contributed by atoms with Gasteiger partial charge in [0, 0.05) is 7.05 Å². The molecule has 2 N–H and O–H groups in total. The number of ether oxygens (including phenoxy) is 1. The van der Waals surface area contributed by atoms with E-state index in [2.05, 4.69) is 5.32 Å². The second-order valence-electron chi connectivity index (χ2n) is 4.45. The van der Waals surface area contributed by atoms with E-state index >= 15 is 0 Å². The van der Waals surface area contributed by atoms with Crippen molar-refractivity contribution in [2.45, 2.75) is 23.7 Å². The van der Waals surface area contributed by atoms with E-state index in [0.717, 1.165) is 24.3 Å². The highest BCUT2D eigenvalue weighted by Gasteiger charge is 2.27. The van der Waals surface area contributed by atoms with Gasteiger partial charge in [-0.15, -0.1) is 0 Å². The van der Waals surface area contributed by atoms with Crippen molar-refractivity contribution >= 4 is 27.7 Å². The third-order valence-corrected chi connectivity index (χ3v) is 4.17. The normalized spacial score (nSPS) is 12.4. The molecule has 0 saturated carbocycles. The van der Waals surface area contributed by atoms with Crippen molar-refractivity contribution in [1.82, 2.24) is 10.6 Å². The van der Waals surface area contributed by atoms with E-state index in [1.165, 1.54) is 14.0 Å². The number of nitrogens with one attached hydrogen (secondary N) is 2. The number of sulfone groups is 1. The summed E-state index contributed by atoms with van der Waals surface area (Å²) in [6.45, 7) is 1.21. The lowest BCUT2D eigenvalue weighted by Crippen LogP contribution is -2.43. The Hall–Kier alpha value is -2.56. The van der Waals surface area contributed by atoms with E-state index in [0.29, 0.717) is 0 Å². The molecule has 0 saturated heterocycles. The van der Waals surface area contributed by atoms with Crippen LogP contribution in [-0.2, 0) is 19.4 Å². The molecule has 0 aliphatic heterocycles. The fourth-order valence-corrected chi connectivity index (χ4v) is 2.16. The van der Waals surface area contributed by atoms with Crippen molar-refractivity contribution in [2.75, 3.05) is 7.05 Å². The molecule has 0 radical (unpaired) electrons. The molecule has 1 atom stereocenters. The number of hydrogen-bond acceptors (Lipinski definition) is 6. The van der Waals surface area contributed by atoms with Gasteiger partial charge in [0.15, 0.2) is 6.10 Å². The molecule has 1 aromatic carbocycles. The Balaban J connectivity index is 2.79. The number of alkyl halides is 2. The number of benzene rings is 1. The van der Waals surface area contributed by atoms with Crippen LogP contribution in [0.2, 0.25) is 0 Å². The highest BCUT2D eigenvalue weighted by molar-refractivity contribution is 7.91. The molecule has 11 heteroatoms. The fourth-order valence-electron chi connectivity index (χ4n) is 1.44. The number of amides is 3. The maximum atomic E-state index is 12.4. The molecule has 0 aliphatic rings. The summed E-state index contributed by atoms with van der Waals surface area (Å²) in [4.78, 5) is 33.7. The van der Waals surface area contributed by atoms with Crippen LogP contribution in [0.1, 0.15) is 17.3 Å². The largest absolute Gasteiger partial charge is 0.449 e. The van der Waals surface area contributed by atoms with E-state index in [-0.39, 0.29) is 5.56 Å². The van der Waals surface area contributed by atoms with Gasteiger partial charge in [-0.05, 0) is 31.2 Å². The Morgan fingerprint density at radius 1 is 1.12 bits per heavy atom. The zero-order valence-electron chi connectivity index (χ0n) is 12.6. The van der Waals surface area contributed by atoms with Crippen LogP contribution < -0.4 is 10.6 Å². The minimum Gasteiger partial charge on any atom is -0.449 e. The molecule has 1 rings (SSSR count). The number of carbonyl (C=O) groups excluding carboxylic acids is 3. The summed E-state index contributed by atoms with van der Waals surface area (Å²) in [5.74, 6) is -5.45. The summed E-state index contributed by atoms with van der Waals surface area (Å²) in [5, 5.41) is 4.03. The smallest absolute Gasteiger partial charge is 0.341 e. The third-order valence-electron chi connectivity index (χ3n) is 2.77. The molecule has 0 aromatic heterocycles. The lowest BCUT2D eigenvalue weighted by atomic mass is 10.2. The summed E-state index contributed by atoms with van der Waals surface area (Å²) >= 11 is 0. The van der Waals surface area contributed by atoms with Crippen molar-refractivity contribution in [3.05, 3.63) is 29.8 Å². The maximum Gasteiger partial charge on any atom is 0.341 e. The van der Waals surface area contributed by atoms with Gasteiger partial charge in [0.2, 0.25) is 9.84 Å². The van der Waals surface area contributed by atoms with Gasteiger partial charge < -0.3 is 10.1 Å². The topological polar surface area (TPSA) is 119 Å². The van der Waals surface area contributed by atoms with E-state index in [1.54, 1.807) is 0 Å². The van der Waals surface area contributed by atoms with Gasteiger partial charge >= 0.3 is 17.8 Å². The van der Waals surface area contributed by atoms with Gasteiger partial charge in [-0.1, -0.05) is 0 Å². The first-order chi connectivity index (χ1) is 11.1. The first kappa shape index (κ1) is 19.5. The molecule has 1 aromatic rings. The maximum absolute atomic E-state index is 12.4. The van der Waals surface area contributed by atoms with Crippen LogP contribution in [-0.4, -0.2) is 45.2 Å². The number of halogens is 2. The summed E-state index contributed by atoms with van der Waals surface area (Å²) in [7, 11) is -3.48. The van der Waals surface area contributed by atoms with Gasteiger partial charge in [0.1, 0.15) is 0 Å². The summed E-state index contributed by atoms with van der Waals surface area (Å²) in [6.07, 6.45) is -1.31. The van der Waals surface area contributed by atoms with Crippen molar-refractivity contribution in [1.29, 1.82) is 0 Å². The summed E-state index contributed by atoms with van der Waals surface area (Å²) in [5.41, 5.74) is -0.150. The van der Waals surface area contributed by atoms with Crippen molar-refractivity contribution in [3.63, 3.8) is 0 Å². The van der Waals surface area contributed by atoms with E-state index in [4.69, 9.17) is 4.74 Å². The molecule has 0 unspecified atom stereocenters. The van der Waals surface area contributed by atoms with E-state index in [1.807, 2.05) is 5.32 Å². The van der Waals surface area contributed by atoms with Gasteiger partial charge in [-0.25, -0.2) is 18.0 Å². The molecule has 3 amide bonds. The highest BCUT2D eigenvalue weighted by Crippen LogP contribution is 2.19. The molecule has 0 fully saturated rings. The number of carbonyl (C=O) groups is 3. The predicted molar refractivity (Wildman–Crippen MR) is 77.1 cm³/mol. The van der Waals surface area contributed by atoms with Gasteiger partial charge in [-0.2, -0.15) is 8.78 Å². The first-order valence-electron chi connectivity index (χ1n) is 6.45. The Morgan fingerprint density at radius 2 is 1.67 bits per heavy atom. The average Bonchev–Trinajstić information content (AvgIpc) is 2.54. The van der Waals surface area contributed by atoms with Crippen molar-refractivity contribution in [3.8, 4) is 0 Å². The Morgan fingerprint density at radius 3 is 2.12 bits per heavy atom. The first-order valence-corrected chi connectivity index (χ1v) is 8.00. The highest BCUT2D eigenvalue weighted by atomic mass is 32.2. The van der Waals surface area contributed by atoms with Crippen molar-refractivity contribution < 1.29 is 36.3 Å². The molecule has 8 nitrogen and oxygen atoms in total. The lowest BCUT2D eigenvalue weighted by molar-refractivity contribution is -0.127. The predicted octanol–water partition coefficient (Wildman–Crippen LogP) is 0.684. The Labute approximate surface area is 136 Å². The van der Waals surface area contributed by atoms with Crippen LogP contribution >= 0.6 is 0 Å². The monoisotopic (exact) mass is 364 g/mol. The molecule has 0 aliphatic carbocycles. The van der Waals surface area contributed by atoms with Crippen LogP contribution in [0.15, 0.2) is 29.2 Å². The summed E-state index contributed by atoms with van der Waals surface area (Å²) < 4.78 is 52.1. The molecular formula is C13H14F2N2O6S. The molecule has 24 heavy (non-hydrogen) atoms. The minimum absolute atomic E-state index is 0.150. The quantitative estimate of drug-likeness (QED) is 0.742. The number of urea groups is 1. The van der Waals surface area contributed by atoms with E-state index < -0.39 is 44.5 Å². The zero-order chi connectivity index (χ0) is 18.5. The number of rotatable bonds is 5. The van der Waals surface area contributed by atoms with Gasteiger partial charge in [0.05, 0.1) is 10.5 Å². The second kappa shape index (κ2) is 7.81. The van der Waals surface area contributed by atoms with Crippen LogP contribution in [0.3, 0.4) is 0 Å². The SMILES string of the molecule is CNC(=O)NC(=O)[C@@H](C)OC(=O)c1ccc(S(=O)(=O)C(F)F)cc1. The lowest BCUT2D eigenvalue weighted by Gasteiger charge is -2.12. The third kappa shape index (κ3) is 4.72. The van der Waals surface area contributed by atoms with Gasteiger partial charge in [0.25, 0.3) is 5.91 Å². The molecular weight excluding hydrogens is 350 g/mol. The number of esters is 1. The van der Waals surface area contributed by atoms with Crippen LogP contribution in [0, 0.1) is 0 Å². The van der Waals surface area contributed by atoms with E-state index in [9.17, 15) is 31.6 Å². The fraction of sp³-hybridized carbons (Fsp3) is 0.308. The standard InChI is InChI=1S/C13H14F2N2O6S/c1-7(10(18)17-13(20)16-2)23-11(19)8-3-5-9(6-4-8)24(21,22)12(14)15/h3-7,12H,1-2H3,(H2,16,17,18,20)/t7-/m1/s1. The van der Waals surface area contributed by atoms with Crippen LogP contribution in [0.25, 0.3) is 0 Å². The van der Waals surface area contributed by atoms with Gasteiger partial charge in [-0.3, -0.25) is 10.1 Å². The second-order valence-corrected chi connectivity index (χ2v) is 6.36. The Bertz CT molecular complexity index is 733. The molecule has 0 heterocycles. The molecule has 0 spiro atoms. The average molecular weight is 364 g/mol.